The van der Waals surface area contributed by atoms with Crippen LogP contribution in [0.25, 0.3) is 0 Å². The number of benzene rings is 1. The van der Waals surface area contributed by atoms with Crippen LogP contribution in [0.2, 0.25) is 0 Å². The summed E-state index contributed by atoms with van der Waals surface area (Å²) in [5.41, 5.74) is 5.86. The van der Waals surface area contributed by atoms with Gasteiger partial charge in [0.2, 0.25) is 0 Å². The molecule has 1 heterocycles. The summed E-state index contributed by atoms with van der Waals surface area (Å²) in [6.07, 6.45) is 0.862. The lowest BCUT2D eigenvalue weighted by Gasteiger charge is -2.04. The molecule has 2 rings (SSSR count). The molecule has 108 valence electrons. The van der Waals surface area contributed by atoms with Crippen LogP contribution in [-0.4, -0.2) is 26.4 Å². The van der Waals surface area contributed by atoms with Crippen molar-refractivity contribution in [1.29, 1.82) is 0 Å². The van der Waals surface area contributed by atoms with E-state index in [1.165, 1.54) is 24.3 Å². The van der Waals surface area contributed by atoms with Crippen molar-refractivity contribution in [2.45, 2.75) is 9.10 Å². The van der Waals surface area contributed by atoms with Crippen LogP contribution >= 0.6 is 11.3 Å². The van der Waals surface area contributed by atoms with Gasteiger partial charge in [0, 0.05) is 5.69 Å². The summed E-state index contributed by atoms with van der Waals surface area (Å²) in [4.78, 5) is 3.53. The van der Waals surface area contributed by atoms with E-state index in [4.69, 9.17) is 10.3 Å². The Balaban J connectivity index is 2.29. The molecule has 0 saturated carbocycles. The van der Waals surface area contributed by atoms with Crippen LogP contribution < -0.4 is 10.5 Å². The highest BCUT2D eigenvalue weighted by Crippen LogP contribution is 2.25. The molecule has 0 atom stereocenters. The molecule has 0 aliphatic carbocycles. The fourth-order valence-electron chi connectivity index (χ4n) is 1.25. The van der Waals surface area contributed by atoms with Crippen molar-refractivity contribution in [2.75, 3.05) is 10.5 Å². The number of hydrogen-bond donors (Lipinski definition) is 3. The Morgan fingerprint density at radius 1 is 1.15 bits per heavy atom. The number of sulfonamides is 1. The topological polar surface area (TPSA) is 139 Å². The van der Waals surface area contributed by atoms with E-state index in [0.717, 1.165) is 6.20 Å². The van der Waals surface area contributed by atoms with Crippen LogP contribution in [0.4, 0.5) is 10.8 Å². The Morgan fingerprint density at radius 2 is 1.75 bits per heavy atom. The van der Waals surface area contributed by atoms with E-state index in [1.807, 2.05) is 0 Å². The van der Waals surface area contributed by atoms with Gasteiger partial charge in [-0.15, -0.1) is 0 Å². The zero-order valence-corrected chi connectivity index (χ0v) is 12.2. The first-order valence-corrected chi connectivity index (χ1v) is 8.74. The first-order chi connectivity index (χ1) is 9.18. The maximum atomic E-state index is 12.0. The summed E-state index contributed by atoms with van der Waals surface area (Å²) in [5, 5.41) is -0.172. The third-order valence-electron chi connectivity index (χ3n) is 2.15. The minimum absolute atomic E-state index is 0.0460. The maximum Gasteiger partial charge on any atom is 0.305 e. The Kier molecular flexibility index (Phi) is 3.69. The second-order valence-corrected chi connectivity index (χ2v) is 8.00. The fraction of sp³-hybridized carbons (Fsp3) is 0. The fourth-order valence-corrected chi connectivity index (χ4v) is 3.88. The van der Waals surface area contributed by atoms with Crippen molar-refractivity contribution < 1.29 is 21.4 Å². The number of rotatable bonds is 4. The maximum absolute atomic E-state index is 12.0. The average Bonchev–Trinajstić information content (AvgIpc) is 2.77. The minimum atomic E-state index is -4.40. The molecule has 0 radical (unpaired) electrons. The average molecular weight is 335 g/mol. The van der Waals surface area contributed by atoms with E-state index in [-0.39, 0.29) is 10.0 Å². The number of nitrogen functional groups attached to an aromatic ring is 1. The van der Waals surface area contributed by atoms with Crippen molar-refractivity contribution in [2.24, 2.45) is 0 Å². The van der Waals surface area contributed by atoms with Crippen molar-refractivity contribution in [1.82, 2.24) is 4.98 Å². The van der Waals surface area contributed by atoms with Gasteiger partial charge in [0.25, 0.3) is 10.0 Å². The van der Waals surface area contributed by atoms with Gasteiger partial charge in [-0.3, -0.25) is 9.27 Å². The van der Waals surface area contributed by atoms with Crippen molar-refractivity contribution in [3.05, 3.63) is 30.5 Å². The molecule has 0 saturated heterocycles. The number of nitrogens with zero attached hydrogens (tertiary/aromatic N) is 1. The summed E-state index contributed by atoms with van der Waals surface area (Å²) < 4.78 is 56.1. The van der Waals surface area contributed by atoms with Crippen molar-refractivity contribution >= 4 is 42.3 Å². The van der Waals surface area contributed by atoms with Gasteiger partial charge in [-0.2, -0.15) is 8.42 Å². The van der Waals surface area contributed by atoms with E-state index in [0.29, 0.717) is 17.0 Å². The summed E-state index contributed by atoms with van der Waals surface area (Å²) in [7, 11) is -8.30. The zero-order chi connectivity index (χ0) is 15.0. The zero-order valence-electron chi connectivity index (χ0n) is 9.72. The third-order valence-corrected chi connectivity index (χ3v) is 5.84. The van der Waals surface area contributed by atoms with Gasteiger partial charge in [0.05, 0.1) is 11.1 Å². The summed E-state index contributed by atoms with van der Waals surface area (Å²) in [6, 6.07) is 5.43. The van der Waals surface area contributed by atoms with Crippen LogP contribution in [0.3, 0.4) is 0 Å². The van der Waals surface area contributed by atoms with Gasteiger partial charge in [-0.25, -0.2) is 13.4 Å². The van der Waals surface area contributed by atoms with E-state index >= 15 is 0 Å². The molecule has 0 bridgehead atoms. The Bertz CT molecular complexity index is 824. The number of aromatic nitrogens is 1. The molecule has 20 heavy (non-hydrogen) atoms. The van der Waals surface area contributed by atoms with Crippen LogP contribution in [0, 0.1) is 0 Å². The number of nitrogens with one attached hydrogen (secondary N) is 1. The van der Waals surface area contributed by atoms with Crippen molar-refractivity contribution in [3.8, 4) is 0 Å². The molecule has 0 amide bonds. The molecule has 0 aliphatic rings. The lowest BCUT2D eigenvalue weighted by atomic mass is 10.3. The quantitative estimate of drug-likeness (QED) is 0.554. The first-order valence-electron chi connectivity index (χ1n) is 5.00. The number of thiazole rings is 1. The van der Waals surface area contributed by atoms with Crippen LogP contribution in [0.15, 0.2) is 39.6 Å². The Hall–Kier alpha value is -1.69. The smallest absolute Gasteiger partial charge is 0.305 e. The number of anilines is 2. The standard InChI is InChI=1S/C9H9N3O5S3/c10-6-1-3-7(4-2-6)19(13,14)12-9-11-5-8(18-9)20(15,16)17/h1-5H,10H2,(H,11,12)(H,15,16,17). The molecule has 0 spiro atoms. The molecule has 4 N–H and O–H groups in total. The van der Waals surface area contributed by atoms with E-state index < -0.39 is 24.4 Å². The summed E-state index contributed by atoms with van der Waals surface area (Å²) >= 11 is 0.500. The highest BCUT2D eigenvalue weighted by molar-refractivity contribution is 7.93. The molecule has 2 aromatic rings. The van der Waals surface area contributed by atoms with E-state index in [2.05, 4.69) is 9.71 Å². The molecule has 1 aromatic heterocycles. The van der Waals surface area contributed by atoms with Gasteiger partial charge >= 0.3 is 10.1 Å². The van der Waals surface area contributed by atoms with Crippen molar-refractivity contribution in [3.63, 3.8) is 0 Å². The lowest BCUT2D eigenvalue weighted by molar-refractivity contribution is 0.485. The molecular weight excluding hydrogens is 326 g/mol. The lowest BCUT2D eigenvalue weighted by Crippen LogP contribution is -2.12. The summed E-state index contributed by atoms with van der Waals surface area (Å²) in [6.45, 7) is 0. The molecular formula is C9H9N3O5S3. The Labute approximate surface area is 119 Å². The monoisotopic (exact) mass is 335 g/mol. The molecule has 11 heteroatoms. The predicted octanol–water partition coefficient (Wildman–Crippen LogP) is 0.773. The minimum Gasteiger partial charge on any atom is -0.399 e. The highest BCUT2D eigenvalue weighted by Gasteiger charge is 2.19. The normalized spacial score (nSPS) is 12.2. The SMILES string of the molecule is Nc1ccc(S(=O)(=O)Nc2ncc(S(=O)(=O)O)s2)cc1. The first kappa shape index (κ1) is 14.7. The molecule has 0 aliphatic heterocycles. The number of hydrogen-bond acceptors (Lipinski definition) is 7. The second-order valence-electron chi connectivity index (χ2n) is 3.63. The highest BCUT2D eigenvalue weighted by atomic mass is 32.3. The van der Waals surface area contributed by atoms with Gasteiger partial charge in [0.15, 0.2) is 9.34 Å². The molecule has 0 unspecified atom stereocenters. The van der Waals surface area contributed by atoms with Gasteiger partial charge < -0.3 is 5.73 Å². The second kappa shape index (κ2) is 5.01. The third kappa shape index (κ3) is 3.25. The van der Waals surface area contributed by atoms with Gasteiger partial charge in [-0.05, 0) is 24.3 Å². The number of nitrogens with two attached hydrogens (primary N) is 1. The molecule has 1 aromatic carbocycles. The predicted molar refractivity (Wildman–Crippen MR) is 73.6 cm³/mol. The molecule has 0 fully saturated rings. The largest absolute Gasteiger partial charge is 0.399 e. The van der Waals surface area contributed by atoms with Gasteiger partial charge in [0.1, 0.15) is 0 Å². The van der Waals surface area contributed by atoms with Gasteiger partial charge in [-0.1, -0.05) is 11.3 Å². The van der Waals surface area contributed by atoms with E-state index in [9.17, 15) is 16.8 Å². The Morgan fingerprint density at radius 3 is 2.25 bits per heavy atom. The summed E-state index contributed by atoms with van der Waals surface area (Å²) in [5.74, 6) is 0. The van der Waals surface area contributed by atoms with E-state index in [1.54, 1.807) is 0 Å². The molecule has 8 nitrogen and oxygen atoms in total. The van der Waals surface area contributed by atoms with Crippen LogP contribution in [0.5, 0.6) is 0 Å². The van der Waals surface area contributed by atoms with Crippen LogP contribution in [0.1, 0.15) is 0 Å². The van der Waals surface area contributed by atoms with Crippen LogP contribution in [-0.2, 0) is 20.1 Å².